The van der Waals surface area contributed by atoms with Crippen LogP contribution in [0.15, 0.2) is 48.5 Å². The summed E-state index contributed by atoms with van der Waals surface area (Å²) in [5.74, 6) is 1.62. The smallest absolute Gasteiger partial charge is 0.265 e. The first-order valence-electron chi connectivity index (χ1n) is 9.32. The summed E-state index contributed by atoms with van der Waals surface area (Å²) in [6.07, 6.45) is 0.824. The van der Waals surface area contributed by atoms with E-state index in [0.29, 0.717) is 13.1 Å². The Kier molecular flexibility index (Phi) is 5.98. The average Bonchev–Trinajstić information content (AvgIpc) is 2.66. The second-order valence-corrected chi connectivity index (χ2v) is 8.87. The standard InChI is InChI=1S/C21H28NO5S/c1-5-22(14-20(15-22)27-28(4,23)24)21(16-6-10-18(25-2)11-7-16)17-8-12-19(26-3)13-9-17/h6-13,20-21H,5,14-15H2,1-4H3/q+1. The molecule has 0 radical (unpaired) electrons. The normalized spacial score (nSPS) is 22.0. The molecule has 0 N–H and O–H groups in total. The fraction of sp³-hybridized carbons (Fsp3) is 0.429. The average molecular weight is 407 g/mol. The Hall–Kier alpha value is -2.09. The van der Waals surface area contributed by atoms with E-state index in [1.54, 1.807) is 14.2 Å². The molecule has 2 aromatic rings. The van der Waals surface area contributed by atoms with Gasteiger partial charge in [-0.3, -0.25) is 4.18 Å². The van der Waals surface area contributed by atoms with Gasteiger partial charge in [-0.15, -0.1) is 0 Å². The van der Waals surface area contributed by atoms with Crippen LogP contribution in [-0.2, 0) is 14.3 Å². The lowest BCUT2D eigenvalue weighted by molar-refractivity contribution is -0.991. The lowest BCUT2D eigenvalue weighted by Crippen LogP contribution is -2.68. The molecule has 1 heterocycles. The number of rotatable bonds is 8. The maximum absolute atomic E-state index is 11.5. The lowest BCUT2D eigenvalue weighted by atomic mass is 9.89. The van der Waals surface area contributed by atoms with Crippen LogP contribution < -0.4 is 9.47 Å². The number of hydrogen-bond acceptors (Lipinski definition) is 5. The van der Waals surface area contributed by atoms with Crippen LogP contribution in [0.1, 0.15) is 24.1 Å². The van der Waals surface area contributed by atoms with Crippen molar-refractivity contribution in [1.82, 2.24) is 0 Å². The largest absolute Gasteiger partial charge is 0.497 e. The van der Waals surface area contributed by atoms with Crippen molar-refractivity contribution < 1.29 is 26.6 Å². The van der Waals surface area contributed by atoms with Crippen molar-refractivity contribution in [3.63, 3.8) is 0 Å². The highest BCUT2D eigenvalue weighted by atomic mass is 32.2. The van der Waals surface area contributed by atoms with E-state index in [1.165, 1.54) is 0 Å². The highest BCUT2D eigenvalue weighted by Crippen LogP contribution is 2.41. The first-order valence-corrected chi connectivity index (χ1v) is 11.1. The number of likely N-dealkylation sites (tertiary alicyclic amines) is 1. The Morgan fingerprint density at radius 1 is 0.929 bits per heavy atom. The van der Waals surface area contributed by atoms with Gasteiger partial charge in [0.05, 0.1) is 27.0 Å². The van der Waals surface area contributed by atoms with Gasteiger partial charge < -0.3 is 14.0 Å². The predicted octanol–water partition coefficient (Wildman–Crippen LogP) is 2.99. The van der Waals surface area contributed by atoms with E-state index in [0.717, 1.165) is 39.9 Å². The maximum Gasteiger partial charge on any atom is 0.265 e. The fourth-order valence-corrected chi connectivity index (χ4v) is 4.73. The first-order chi connectivity index (χ1) is 13.3. The minimum Gasteiger partial charge on any atom is -0.497 e. The molecule has 1 saturated heterocycles. The zero-order chi connectivity index (χ0) is 20.4. The molecule has 2 aromatic carbocycles. The van der Waals surface area contributed by atoms with Gasteiger partial charge in [-0.1, -0.05) is 0 Å². The van der Waals surface area contributed by atoms with E-state index in [2.05, 4.69) is 31.2 Å². The van der Waals surface area contributed by atoms with Gasteiger partial charge in [-0.25, -0.2) is 0 Å². The molecule has 1 fully saturated rings. The van der Waals surface area contributed by atoms with Crippen LogP contribution in [0.4, 0.5) is 0 Å². The molecule has 0 bridgehead atoms. The molecule has 152 valence electrons. The molecule has 3 rings (SSSR count). The molecule has 0 amide bonds. The molecule has 1 aliphatic heterocycles. The van der Waals surface area contributed by atoms with Crippen LogP contribution in [0.2, 0.25) is 0 Å². The second kappa shape index (κ2) is 8.11. The molecule has 0 aromatic heterocycles. The fourth-order valence-electron chi connectivity index (χ4n) is 4.11. The van der Waals surface area contributed by atoms with Gasteiger partial charge in [0.25, 0.3) is 10.1 Å². The summed E-state index contributed by atoms with van der Waals surface area (Å²) in [5, 5.41) is 0. The Morgan fingerprint density at radius 3 is 1.68 bits per heavy atom. The monoisotopic (exact) mass is 406 g/mol. The number of methoxy groups -OCH3 is 2. The summed E-state index contributed by atoms with van der Waals surface area (Å²) in [7, 11) is -0.156. The number of nitrogens with zero attached hydrogens (tertiary/aromatic N) is 1. The minimum absolute atomic E-state index is 0.0706. The summed E-state index contributed by atoms with van der Waals surface area (Å²) in [6.45, 7) is 4.29. The maximum atomic E-state index is 11.5. The third-order valence-electron chi connectivity index (χ3n) is 5.49. The molecule has 6 nitrogen and oxygen atoms in total. The lowest BCUT2D eigenvalue weighted by Gasteiger charge is -2.53. The van der Waals surface area contributed by atoms with E-state index in [4.69, 9.17) is 13.7 Å². The van der Waals surface area contributed by atoms with Crippen molar-refractivity contribution in [2.75, 3.05) is 40.1 Å². The second-order valence-electron chi connectivity index (χ2n) is 7.27. The Bertz CT molecular complexity index is 840. The van der Waals surface area contributed by atoms with E-state index < -0.39 is 10.1 Å². The molecular weight excluding hydrogens is 378 g/mol. The summed E-state index contributed by atoms with van der Waals surface area (Å²) in [6, 6.07) is 16.2. The molecule has 0 aliphatic carbocycles. The Balaban J connectivity index is 1.97. The molecule has 28 heavy (non-hydrogen) atoms. The molecule has 7 heteroatoms. The molecule has 0 atom stereocenters. The van der Waals surface area contributed by atoms with E-state index in [1.807, 2.05) is 24.3 Å². The molecule has 1 aliphatic rings. The number of ether oxygens (including phenoxy) is 2. The topological polar surface area (TPSA) is 61.8 Å². The van der Waals surface area contributed by atoms with Crippen molar-refractivity contribution in [3.05, 3.63) is 59.7 Å². The van der Waals surface area contributed by atoms with Crippen LogP contribution in [0.25, 0.3) is 0 Å². The highest BCUT2D eigenvalue weighted by Gasteiger charge is 2.51. The molecule has 0 saturated carbocycles. The minimum atomic E-state index is -3.46. The van der Waals surface area contributed by atoms with Crippen LogP contribution in [0.5, 0.6) is 11.5 Å². The van der Waals surface area contributed by atoms with E-state index in [9.17, 15) is 8.42 Å². The van der Waals surface area contributed by atoms with Gasteiger partial charge in [-0.05, 0) is 55.5 Å². The van der Waals surface area contributed by atoms with Gasteiger partial charge >= 0.3 is 0 Å². The van der Waals surface area contributed by atoms with Crippen molar-refractivity contribution in [3.8, 4) is 11.5 Å². The van der Waals surface area contributed by atoms with Crippen molar-refractivity contribution in [1.29, 1.82) is 0 Å². The van der Waals surface area contributed by atoms with Gasteiger partial charge in [0, 0.05) is 11.1 Å². The summed E-state index contributed by atoms with van der Waals surface area (Å²) >= 11 is 0. The van der Waals surface area contributed by atoms with Gasteiger partial charge in [0.2, 0.25) is 0 Å². The van der Waals surface area contributed by atoms with E-state index >= 15 is 0 Å². The van der Waals surface area contributed by atoms with Crippen LogP contribution in [0.3, 0.4) is 0 Å². The summed E-state index contributed by atoms with van der Waals surface area (Å²) in [5.41, 5.74) is 2.32. The quantitative estimate of drug-likeness (QED) is 0.498. The predicted molar refractivity (Wildman–Crippen MR) is 108 cm³/mol. The zero-order valence-electron chi connectivity index (χ0n) is 16.8. The van der Waals surface area contributed by atoms with Crippen molar-refractivity contribution >= 4 is 10.1 Å². The molecule has 0 spiro atoms. The third kappa shape index (κ3) is 4.32. The van der Waals surface area contributed by atoms with Crippen molar-refractivity contribution in [2.45, 2.75) is 19.1 Å². The first kappa shape index (κ1) is 20.6. The third-order valence-corrected chi connectivity index (χ3v) is 6.11. The Labute approximate surface area is 167 Å². The van der Waals surface area contributed by atoms with Crippen LogP contribution in [0, 0.1) is 0 Å². The molecule has 0 unspecified atom stereocenters. The van der Waals surface area contributed by atoms with Gasteiger partial charge in [-0.2, -0.15) is 8.42 Å². The Morgan fingerprint density at radius 2 is 1.36 bits per heavy atom. The highest BCUT2D eigenvalue weighted by molar-refractivity contribution is 7.86. The number of likely N-dealkylation sites (N-methyl/N-ethyl adjacent to an activating group) is 1. The SMILES string of the molecule is CC[N+]1(C(c2ccc(OC)cc2)c2ccc(OC)cc2)CC(OS(C)(=O)=O)C1. The summed E-state index contributed by atoms with van der Waals surface area (Å²) in [4.78, 5) is 0. The molecular formula is C21H28NO5S+. The number of quaternary nitrogens is 1. The van der Waals surface area contributed by atoms with Gasteiger partial charge in [0.15, 0.2) is 6.10 Å². The van der Waals surface area contributed by atoms with Gasteiger partial charge in [0.1, 0.15) is 30.6 Å². The van der Waals surface area contributed by atoms with Crippen LogP contribution >= 0.6 is 0 Å². The van der Waals surface area contributed by atoms with Crippen LogP contribution in [-0.4, -0.2) is 59.1 Å². The zero-order valence-corrected chi connectivity index (χ0v) is 17.6. The van der Waals surface area contributed by atoms with Crippen molar-refractivity contribution in [2.24, 2.45) is 0 Å². The number of hydrogen-bond donors (Lipinski definition) is 0. The number of benzene rings is 2. The summed E-state index contributed by atoms with van der Waals surface area (Å²) < 4.78 is 39.6. The van der Waals surface area contributed by atoms with E-state index in [-0.39, 0.29) is 12.1 Å².